The molecule has 0 amide bonds. The quantitative estimate of drug-likeness (QED) is 0.782. The minimum Gasteiger partial charge on any atom is -0.305 e. The number of thiazole rings is 1. The van der Waals surface area contributed by atoms with Gasteiger partial charge < -0.3 is 5.32 Å². The number of nitrogens with one attached hydrogen (secondary N) is 1. The first-order valence-corrected chi connectivity index (χ1v) is 6.31. The van der Waals surface area contributed by atoms with E-state index < -0.39 is 0 Å². The Bertz CT molecular complexity index is 233. The maximum Gasteiger partial charge on any atom is 0.109 e. The highest BCUT2D eigenvalue weighted by Gasteiger charge is 2.12. The highest BCUT2D eigenvalue weighted by molar-refractivity contribution is 7.09. The van der Waals surface area contributed by atoms with Gasteiger partial charge in [0, 0.05) is 17.6 Å². The zero-order chi connectivity index (χ0) is 10.4. The lowest BCUT2D eigenvalue weighted by Gasteiger charge is -2.20. The van der Waals surface area contributed by atoms with E-state index in [1.807, 2.05) is 11.6 Å². The van der Waals surface area contributed by atoms with Crippen LogP contribution in [-0.4, -0.2) is 11.0 Å². The Balaban J connectivity index is 2.42. The van der Waals surface area contributed by atoms with Gasteiger partial charge >= 0.3 is 0 Å². The molecule has 0 aliphatic rings. The Hall–Kier alpha value is -0.410. The van der Waals surface area contributed by atoms with Crippen LogP contribution in [0.5, 0.6) is 0 Å². The van der Waals surface area contributed by atoms with E-state index >= 15 is 0 Å². The zero-order valence-electron chi connectivity index (χ0n) is 9.29. The lowest BCUT2D eigenvalue weighted by Crippen LogP contribution is -2.30. The van der Waals surface area contributed by atoms with Gasteiger partial charge in [-0.15, -0.1) is 11.3 Å². The summed E-state index contributed by atoms with van der Waals surface area (Å²) in [7, 11) is 0. The smallest absolute Gasteiger partial charge is 0.109 e. The van der Waals surface area contributed by atoms with E-state index in [9.17, 15) is 0 Å². The summed E-state index contributed by atoms with van der Waals surface area (Å²) in [6.45, 7) is 6.66. The minimum atomic E-state index is 0.395. The van der Waals surface area contributed by atoms with Crippen LogP contribution in [0.3, 0.4) is 0 Å². The molecule has 0 bridgehead atoms. The van der Waals surface area contributed by atoms with Crippen LogP contribution >= 0.6 is 11.3 Å². The predicted molar refractivity (Wildman–Crippen MR) is 62.7 cm³/mol. The molecule has 1 rings (SSSR count). The molecule has 14 heavy (non-hydrogen) atoms. The van der Waals surface area contributed by atoms with Crippen molar-refractivity contribution in [3.8, 4) is 0 Å². The number of nitrogens with zero attached hydrogens (tertiary/aromatic N) is 1. The molecule has 0 aliphatic heterocycles. The van der Waals surface area contributed by atoms with Crippen LogP contribution in [0.25, 0.3) is 0 Å². The van der Waals surface area contributed by atoms with Gasteiger partial charge in [0.1, 0.15) is 5.01 Å². The molecule has 2 atom stereocenters. The highest BCUT2D eigenvalue weighted by Crippen LogP contribution is 2.16. The Kier molecular flexibility index (Phi) is 5.12. The molecular weight excluding hydrogens is 192 g/mol. The van der Waals surface area contributed by atoms with E-state index in [0.29, 0.717) is 12.1 Å². The summed E-state index contributed by atoms with van der Waals surface area (Å²) in [6, 6.07) is 1.03. The first kappa shape index (κ1) is 11.7. The van der Waals surface area contributed by atoms with Crippen molar-refractivity contribution in [2.75, 3.05) is 0 Å². The van der Waals surface area contributed by atoms with Crippen molar-refractivity contribution in [1.82, 2.24) is 10.3 Å². The topological polar surface area (TPSA) is 24.9 Å². The van der Waals surface area contributed by atoms with Crippen molar-refractivity contribution >= 4 is 11.3 Å². The molecule has 0 fully saturated rings. The summed E-state index contributed by atoms with van der Waals surface area (Å²) < 4.78 is 0. The third-order valence-electron chi connectivity index (χ3n) is 2.44. The second-order valence-corrected chi connectivity index (χ2v) is 4.58. The number of hydrogen-bond donors (Lipinski definition) is 1. The number of aromatic nitrogens is 1. The molecule has 3 heteroatoms. The van der Waals surface area contributed by atoms with E-state index in [4.69, 9.17) is 0 Å². The van der Waals surface area contributed by atoms with Crippen molar-refractivity contribution in [3.63, 3.8) is 0 Å². The van der Waals surface area contributed by atoms with Gasteiger partial charge in [-0.25, -0.2) is 4.98 Å². The summed E-state index contributed by atoms with van der Waals surface area (Å²) >= 11 is 1.73. The van der Waals surface area contributed by atoms with Gasteiger partial charge in [-0.2, -0.15) is 0 Å². The van der Waals surface area contributed by atoms with Gasteiger partial charge in [-0.1, -0.05) is 20.3 Å². The van der Waals surface area contributed by atoms with Gasteiger partial charge in [0.25, 0.3) is 0 Å². The Morgan fingerprint density at radius 3 is 2.79 bits per heavy atom. The van der Waals surface area contributed by atoms with Crippen molar-refractivity contribution in [1.29, 1.82) is 0 Å². The second kappa shape index (κ2) is 6.14. The molecule has 1 aromatic heterocycles. The van der Waals surface area contributed by atoms with Gasteiger partial charge in [-0.05, 0) is 19.8 Å². The molecule has 0 radical (unpaired) electrons. The summed E-state index contributed by atoms with van der Waals surface area (Å²) in [5.74, 6) is 0. The molecular formula is C11H20N2S. The Morgan fingerprint density at radius 1 is 1.50 bits per heavy atom. The third-order valence-corrected chi connectivity index (χ3v) is 3.40. The van der Waals surface area contributed by atoms with Crippen LogP contribution in [0.1, 0.15) is 51.1 Å². The minimum absolute atomic E-state index is 0.395. The lowest BCUT2D eigenvalue weighted by atomic mass is 10.1. The molecule has 0 spiro atoms. The van der Waals surface area contributed by atoms with Gasteiger partial charge in [0.05, 0.1) is 6.04 Å². The number of rotatable bonds is 6. The molecule has 0 saturated carbocycles. The van der Waals surface area contributed by atoms with E-state index in [0.717, 1.165) is 0 Å². The molecule has 2 nitrogen and oxygen atoms in total. The summed E-state index contributed by atoms with van der Waals surface area (Å²) in [5, 5.41) is 6.85. The Morgan fingerprint density at radius 2 is 2.29 bits per heavy atom. The van der Waals surface area contributed by atoms with Crippen molar-refractivity contribution < 1.29 is 0 Å². The van der Waals surface area contributed by atoms with Crippen LogP contribution in [0.2, 0.25) is 0 Å². The average molecular weight is 212 g/mol. The molecule has 1 N–H and O–H groups in total. The maximum absolute atomic E-state index is 4.32. The molecule has 0 aliphatic carbocycles. The molecule has 0 aromatic carbocycles. The molecule has 80 valence electrons. The van der Waals surface area contributed by atoms with E-state index in [1.165, 1.54) is 24.3 Å². The molecule has 1 aromatic rings. The fourth-order valence-corrected chi connectivity index (χ4v) is 2.28. The van der Waals surface area contributed by atoms with Gasteiger partial charge in [-0.3, -0.25) is 0 Å². The summed E-state index contributed by atoms with van der Waals surface area (Å²) in [4.78, 5) is 4.32. The van der Waals surface area contributed by atoms with Crippen LogP contribution in [0, 0.1) is 0 Å². The first-order valence-electron chi connectivity index (χ1n) is 5.43. The van der Waals surface area contributed by atoms with Crippen molar-refractivity contribution in [2.45, 2.75) is 52.1 Å². The SMILES string of the molecule is CCCC(CC)NC(C)c1nccs1. The van der Waals surface area contributed by atoms with E-state index in [-0.39, 0.29) is 0 Å². The van der Waals surface area contributed by atoms with Gasteiger partial charge in [0.2, 0.25) is 0 Å². The number of hydrogen-bond acceptors (Lipinski definition) is 3. The third kappa shape index (κ3) is 3.39. The summed E-state index contributed by atoms with van der Waals surface area (Å²) in [5.41, 5.74) is 0. The fraction of sp³-hybridized carbons (Fsp3) is 0.727. The highest BCUT2D eigenvalue weighted by atomic mass is 32.1. The zero-order valence-corrected chi connectivity index (χ0v) is 10.1. The lowest BCUT2D eigenvalue weighted by molar-refractivity contribution is 0.416. The van der Waals surface area contributed by atoms with Crippen molar-refractivity contribution in [3.05, 3.63) is 16.6 Å². The average Bonchev–Trinajstić information content (AvgIpc) is 2.69. The van der Waals surface area contributed by atoms with Gasteiger partial charge in [0.15, 0.2) is 0 Å². The van der Waals surface area contributed by atoms with Crippen molar-refractivity contribution in [2.24, 2.45) is 0 Å². The molecule has 2 unspecified atom stereocenters. The first-order chi connectivity index (χ1) is 6.77. The maximum atomic E-state index is 4.32. The van der Waals surface area contributed by atoms with Crippen LogP contribution < -0.4 is 5.32 Å². The monoisotopic (exact) mass is 212 g/mol. The normalized spacial score (nSPS) is 15.4. The van der Waals surface area contributed by atoms with Crippen LogP contribution in [-0.2, 0) is 0 Å². The second-order valence-electron chi connectivity index (χ2n) is 3.65. The Labute approximate surface area is 90.8 Å². The molecule has 0 saturated heterocycles. The molecule has 1 heterocycles. The van der Waals surface area contributed by atoms with Crippen LogP contribution in [0.15, 0.2) is 11.6 Å². The summed E-state index contributed by atoms with van der Waals surface area (Å²) in [6.07, 6.45) is 5.57. The van der Waals surface area contributed by atoms with Crippen LogP contribution in [0.4, 0.5) is 0 Å². The van der Waals surface area contributed by atoms with E-state index in [2.05, 4.69) is 31.1 Å². The van der Waals surface area contributed by atoms with E-state index in [1.54, 1.807) is 11.3 Å². The fourth-order valence-electron chi connectivity index (χ4n) is 1.63. The predicted octanol–water partition coefficient (Wildman–Crippen LogP) is 3.37. The standard InChI is InChI=1S/C11H20N2S/c1-4-6-10(5-2)13-9(3)11-12-7-8-14-11/h7-10,13H,4-6H2,1-3H3. The largest absolute Gasteiger partial charge is 0.305 e.